The fourth-order valence-electron chi connectivity index (χ4n) is 4.26. The Bertz CT molecular complexity index is 1280. The highest BCUT2D eigenvalue weighted by Crippen LogP contribution is 2.37. The number of carbonyl (C=O) groups is 1. The number of piperazine rings is 1. The third kappa shape index (κ3) is 4.89. The molecule has 0 aliphatic carbocycles. The third-order valence-electron chi connectivity index (χ3n) is 6.37. The lowest BCUT2D eigenvalue weighted by atomic mass is 10.0. The van der Waals surface area contributed by atoms with E-state index in [4.69, 9.17) is 0 Å². The van der Waals surface area contributed by atoms with Crippen LogP contribution >= 0.6 is 0 Å². The molecule has 0 radical (unpaired) electrons. The minimum Gasteiger partial charge on any atom is -0.493 e. The first-order valence-electron chi connectivity index (χ1n) is 11.6. The Morgan fingerprint density at radius 3 is 2.36 bits per heavy atom. The molecule has 1 aromatic carbocycles. The predicted molar refractivity (Wildman–Crippen MR) is 127 cm³/mol. The van der Waals surface area contributed by atoms with Gasteiger partial charge in [0.15, 0.2) is 0 Å². The summed E-state index contributed by atoms with van der Waals surface area (Å²) in [4.78, 5) is 24.5. The number of amides is 1. The second-order valence-electron chi connectivity index (χ2n) is 9.18. The van der Waals surface area contributed by atoms with Gasteiger partial charge in [0.05, 0.1) is 10.9 Å². The molecule has 0 saturated carbocycles. The zero-order valence-electron chi connectivity index (χ0n) is 20.4. The lowest BCUT2D eigenvalue weighted by Crippen LogP contribution is -2.48. The molecule has 0 unspecified atom stereocenters. The van der Waals surface area contributed by atoms with Crippen molar-refractivity contribution in [1.29, 1.82) is 0 Å². The lowest BCUT2D eigenvalue weighted by molar-refractivity contribution is -0.140. The zero-order valence-corrected chi connectivity index (χ0v) is 20.4. The van der Waals surface area contributed by atoms with Crippen LogP contribution < -0.4 is 10.2 Å². The first kappa shape index (κ1) is 25.5. The molecule has 1 aliphatic heterocycles. The topological polar surface area (TPSA) is 86.5 Å². The maximum Gasteiger partial charge on any atom is 0.419 e. The Hall–Kier alpha value is -3.57. The monoisotopic (exact) mass is 508 g/mol. The molecule has 3 heterocycles. The van der Waals surface area contributed by atoms with E-state index in [9.17, 15) is 27.5 Å². The first-order chi connectivity index (χ1) is 16.9. The van der Waals surface area contributed by atoms with Crippen molar-refractivity contribution >= 4 is 28.6 Å². The van der Waals surface area contributed by atoms with Gasteiger partial charge in [0.2, 0.25) is 17.7 Å². The molecule has 0 bridgehead atoms. The van der Waals surface area contributed by atoms with Crippen molar-refractivity contribution in [1.82, 2.24) is 19.4 Å². The van der Waals surface area contributed by atoms with E-state index < -0.39 is 23.6 Å². The molecule has 0 spiro atoms. The molecule has 1 amide bonds. The number of benzene rings is 1. The summed E-state index contributed by atoms with van der Waals surface area (Å²) in [7, 11) is 0. The maximum absolute atomic E-state index is 13.8. The van der Waals surface area contributed by atoms with Crippen molar-refractivity contribution in [3.8, 4) is 5.88 Å². The molecule has 4 rings (SSSR count). The van der Waals surface area contributed by atoms with Crippen molar-refractivity contribution < 1.29 is 27.5 Å². The van der Waals surface area contributed by atoms with E-state index in [0.717, 1.165) is 12.1 Å². The molecule has 2 aromatic heterocycles. The molecule has 2 N–H and O–H groups in total. The Morgan fingerprint density at radius 1 is 1.11 bits per heavy atom. The fourth-order valence-corrected chi connectivity index (χ4v) is 4.26. The highest BCUT2D eigenvalue weighted by Gasteiger charge is 2.34. The SMILES string of the molecule is CC(=O)N1CCN(c2nc(N[C@H](C)c3ccc(F)c(C(F)(F)F)c3)c3cn(C(C)C)c(O)c3n2)CC1. The van der Waals surface area contributed by atoms with Gasteiger partial charge in [-0.25, -0.2) is 9.37 Å². The zero-order chi connectivity index (χ0) is 26.4. The summed E-state index contributed by atoms with van der Waals surface area (Å²) in [5, 5.41) is 14.5. The van der Waals surface area contributed by atoms with Crippen LogP contribution in [0.1, 0.15) is 50.9 Å². The van der Waals surface area contributed by atoms with Crippen LogP contribution in [-0.2, 0) is 11.0 Å². The fraction of sp³-hybridized carbons (Fsp3) is 0.458. The number of aromatic nitrogens is 3. The third-order valence-corrected chi connectivity index (χ3v) is 6.37. The quantitative estimate of drug-likeness (QED) is 0.486. The van der Waals surface area contributed by atoms with E-state index in [-0.39, 0.29) is 23.4 Å². The largest absolute Gasteiger partial charge is 0.493 e. The molecular formula is C24H28F4N6O2. The molecular weight excluding hydrogens is 480 g/mol. The number of nitrogens with one attached hydrogen (secondary N) is 1. The summed E-state index contributed by atoms with van der Waals surface area (Å²) in [6, 6.07) is 2.12. The summed E-state index contributed by atoms with van der Waals surface area (Å²) in [5.41, 5.74) is -0.818. The Morgan fingerprint density at radius 2 is 1.78 bits per heavy atom. The van der Waals surface area contributed by atoms with Crippen molar-refractivity contribution in [2.24, 2.45) is 0 Å². The van der Waals surface area contributed by atoms with Gasteiger partial charge in [0, 0.05) is 51.4 Å². The number of hydrogen-bond acceptors (Lipinski definition) is 6. The maximum atomic E-state index is 13.8. The molecule has 1 aliphatic rings. The average molecular weight is 509 g/mol. The van der Waals surface area contributed by atoms with Crippen LogP contribution in [0.15, 0.2) is 24.4 Å². The van der Waals surface area contributed by atoms with Crippen LogP contribution in [0.4, 0.5) is 29.3 Å². The normalized spacial score (nSPS) is 15.6. The van der Waals surface area contributed by atoms with Gasteiger partial charge in [-0.05, 0) is 38.5 Å². The minimum absolute atomic E-state index is 0.0219. The van der Waals surface area contributed by atoms with Crippen molar-refractivity contribution in [3.63, 3.8) is 0 Å². The van der Waals surface area contributed by atoms with E-state index in [2.05, 4.69) is 15.3 Å². The molecule has 3 aromatic rings. The van der Waals surface area contributed by atoms with E-state index in [0.29, 0.717) is 48.8 Å². The van der Waals surface area contributed by atoms with Gasteiger partial charge in [0.25, 0.3) is 0 Å². The Labute approximate surface area is 205 Å². The number of carbonyl (C=O) groups excluding carboxylic acids is 1. The van der Waals surface area contributed by atoms with Gasteiger partial charge < -0.3 is 24.8 Å². The lowest BCUT2D eigenvalue weighted by Gasteiger charge is -2.34. The Kier molecular flexibility index (Phi) is 6.72. The van der Waals surface area contributed by atoms with Gasteiger partial charge >= 0.3 is 6.18 Å². The van der Waals surface area contributed by atoms with Crippen molar-refractivity contribution in [2.45, 2.75) is 46.0 Å². The average Bonchev–Trinajstić information content (AvgIpc) is 3.15. The van der Waals surface area contributed by atoms with Crippen LogP contribution in [0.5, 0.6) is 5.88 Å². The van der Waals surface area contributed by atoms with E-state index >= 15 is 0 Å². The highest BCUT2D eigenvalue weighted by molar-refractivity contribution is 5.94. The molecule has 12 heteroatoms. The molecule has 8 nitrogen and oxygen atoms in total. The first-order valence-corrected chi connectivity index (χ1v) is 11.6. The summed E-state index contributed by atoms with van der Waals surface area (Å²) < 4.78 is 55.2. The number of alkyl halides is 3. The van der Waals surface area contributed by atoms with E-state index in [1.807, 2.05) is 18.7 Å². The van der Waals surface area contributed by atoms with Gasteiger partial charge in [-0.3, -0.25) is 4.79 Å². The van der Waals surface area contributed by atoms with Gasteiger partial charge in [-0.2, -0.15) is 18.2 Å². The minimum atomic E-state index is -4.82. The van der Waals surface area contributed by atoms with Crippen LogP contribution in [0.2, 0.25) is 0 Å². The number of rotatable bonds is 5. The van der Waals surface area contributed by atoms with Gasteiger partial charge in [0.1, 0.15) is 17.2 Å². The molecule has 194 valence electrons. The number of aromatic hydroxyl groups is 1. The number of hydrogen-bond donors (Lipinski definition) is 2. The molecule has 1 saturated heterocycles. The summed E-state index contributed by atoms with van der Waals surface area (Å²) >= 11 is 0. The van der Waals surface area contributed by atoms with Crippen molar-refractivity contribution in [2.75, 3.05) is 36.4 Å². The van der Waals surface area contributed by atoms with Crippen LogP contribution in [0, 0.1) is 5.82 Å². The van der Waals surface area contributed by atoms with Crippen LogP contribution in [-0.4, -0.2) is 56.6 Å². The number of fused-ring (bicyclic) bond motifs is 1. The van der Waals surface area contributed by atoms with Crippen LogP contribution in [0.25, 0.3) is 10.9 Å². The standard InChI is InChI=1S/C24H28F4N6O2/c1-13(2)34-12-17-20(22(34)36)30-23(33-9-7-32(8-10-33)15(4)35)31-21(17)29-14(3)16-5-6-19(25)18(11-16)24(26,27)28/h5-6,11-14,36H,7-10H2,1-4H3,(H,29,30,31)/t14-/m1/s1. The molecule has 36 heavy (non-hydrogen) atoms. The Balaban J connectivity index is 1.73. The second-order valence-corrected chi connectivity index (χ2v) is 9.18. The molecule has 1 atom stereocenters. The number of anilines is 2. The number of nitrogens with zero attached hydrogens (tertiary/aromatic N) is 5. The van der Waals surface area contributed by atoms with E-state index in [1.165, 1.54) is 13.0 Å². The van der Waals surface area contributed by atoms with Crippen LogP contribution in [0.3, 0.4) is 0 Å². The van der Waals surface area contributed by atoms with Gasteiger partial charge in [-0.1, -0.05) is 6.07 Å². The predicted octanol–water partition coefficient (Wildman–Crippen LogP) is 4.72. The molecule has 1 fully saturated rings. The van der Waals surface area contributed by atoms with Gasteiger partial charge in [-0.15, -0.1) is 0 Å². The smallest absolute Gasteiger partial charge is 0.419 e. The summed E-state index contributed by atoms with van der Waals surface area (Å²) in [5.74, 6) is -0.764. The summed E-state index contributed by atoms with van der Waals surface area (Å²) in [6.07, 6.45) is -3.13. The van der Waals surface area contributed by atoms with Crippen molar-refractivity contribution in [3.05, 3.63) is 41.3 Å². The second kappa shape index (κ2) is 9.47. The highest BCUT2D eigenvalue weighted by atomic mass is 19.4. The van der Waals surface area contributed by atoms with E-state index in [1.54, 1.807) is 22.6 Å². The number of halogens is 4. The summed E-state index contributed by atoms with van der Waals surface area (Å²) in [6.45, 7) is 8.88.